The molecule has 0 saturated heterocycles. The molecule has 5 heteroatoms. The summed E-state index contributed by atoms with van der Waals surface area (Å²) in [5.74, 6) is -0.143. The van der Waals surface area contributed by atoms with Crippen molar-refractivity contribution in [3.63, 3.8) is 0 Å². The molecule has 0 N–H and O–H groups in total. The molecule has 26 heavy (non-hydrogen) atoms. The van der Waals surface area contributed by atoms with Crippen LogP contribution in [-0.4, -0.2) is 15.3 Å². The van der Waals surface area contributed by atoms with E-state index in [0.717, 1.165) is 11.3 Å². The number of hydrogen-bond acceptors (Lipinski definition) is 3. The minimum absolute atomic E-state index is 0.186. The average Bonchev–Trinajstić information content (AvgIpc) is 2.61. The van der Waals surface area contributed by atoms with Crippen LogP contribution < -0.4 is 5.56 Å². The molecule has 0 amide bonds. The van der Waals surface area contributed by atoms with Gasteiger partial charge in [-0.15, -0.1) is 0 Å². The van der Waals surface area contributed by atoms with E-state index in [4.69, 9.17) is 0 Å². The molecule has 4 nitrogen and oxygen atoms in total. The summed E-state index contributed by atoms with van der Waals surface area (Å²) < 4.78 is 15.8. The van der Waals surface area contributed by atoms with Gasteiger partial charge in [0.25, 0.3) is 5.56 Å². The molecule has 2 aromatic carbocycles. The SMILES string of the molecule is CCc1nc2cc(F)c(/C=C/C(C)=O)cc2c(=O)n1-c1ccc(C)cc1. The number of carbonyl (C=O) groups excluding carboxylic acids is 1. The first-order valence-electron chi connectivity index (χ1n) is 8.41. The van der Waals surface area contributed by atoms with Crippen LogP contribution in [0.1, 0.15) is 30.8 Å². The third-order valence-electron chi connectivity index (χ3n) is 4.16. The van der Waals surface area contributed by atoms with E-state index in [-0.39, 0.29) is 16.9 Å². The van der Waals surface area contributed by atoms with Gasteiger partial charge in [-0.3, -0.25) is 14.2 Å². The van der Waals surface area contributed by atoms with Gasteiger partial charge < -0.3 is 0 Å². The molecule has 1 heterocycles. The van der Waals surface area contributed by atoms with E-state index in [1.54, 1.807) is 4.57 Å². The summed E-state index contributed by atoms with van der Waals surface area (Å²) in [6.07, 6.45) is 3.18. The van der Waals surface area contributed by atoms with Crippen molar-refractivity contribution in [2.24, 2.45) is 0 Å². The molecule has 0 atom stereocenters. The lowest BCUT2D eigenvalue weighted by Crippen LogP contribution is -2.23. The number of aryl methyl sites for hydroxylation is 2. The van der Waals surface area contributed by atoms with Gasteiger partial charge in [0.05, 0.1) is 16.6 Å². The first-order valence-corrected chi connectivity index (χ1v) is 8.41. The van der Waals surface area contributed by atoms with E-state index in [0.29, 0.717) is 23.1 Å². The predicted octanol–water partition coefficient (Wildman–Crippen LogP) is 4.00. The second-order valence-corrected chi connectivity index (χ2v) is 6.19. The van der Waals surface area contributed by atoms with Gasteiger partial charge in [0.2, 0.25) is 0 Å². The molecule has 0 aliphatic heterocycles. The molecule has 0 aliphatic rings. The molecule has 0 bridgehead atoms. The summed E-state index contributed by atoms with van der Waals surface area (Å²) >= 11 is 0. The summed E-state index contributed by atoms with van der Waals surface area (Å²) in [7, 11) is 0. The normalized spacial score (nSPS) is 11.4. The number of halogens is 1. The summed E-state index contributed by atoms with van der Waals surface area (Å²) in [6.45, 7) is 5.26. The van der Waals surface area contributed by atoms with Gasteiger partial charge in [-0.1, -0.05) is 24.6 Å². The minimum atomic E-state index is -0.517. The molecular formula is C21H19FN2O2. The number of benzene rings is 2. The van der Waals surface area contributed by atoms with E-state index in [1.165, 1.54) is 31.2 Å². The quantitative estimate of drug-likeness (QED) is 0.668. The van der Waals surface area contributed by atoms with Crippen LogP contribution in [0.3, 0.4) is 0 Å². The maximum atomic E-state index is 14.3. The number of aromatic nitrogens is 2. The lowest BCUT2D eigenvalue weighted by molar-refractivity contribution is -0.112. The van der Waals surface area contributed by atoms with Crippen LogP contribution in [0.25, 0.3) is 22.7 Å². The zero-order chi connectivity index (χ0) is 18.8. The Hall–Kier alpha value is -3.08. The third-order valence-corrected chi connectivity index (χ3v) is 4.16. The number of allylic oxidation sites excluding steroid dienone is 1. The van der Waals surface area contributed by atoms with E-state index in [1.807, 2.05) is 38.1 Å². The summed E-state index contributed by atoms with van der Waals surface area (Å²) in [4.78, 5) is 28.7. The second kappa shape index (κ2) is 7.04. The molecule has 0 spiro atoms. The highest BCUT2D eigenvalue weighted by Gasteiger charge is 2.14. The van der Waals surface area contributed by atoms with Crippen LogP contribution in [0.4, 0.5) is 4.39 Å². The van der Waals surface area contributed by atoms with Crippen molar-refractivity contribution >= 4 is 22.8 Å². The Bertz CT molecular complexity index is 1080. The summed E-state index contributed by atoms with van der Waals surface area (Å²) in [5, 5.41) is 0.312. The van der Waals surface area contributed by atoms with Gasteiger partial charge in [0.1, 0.15) is 11.6 Å². The van der Waals surface area contributed by atoms with E-state index in [2.05, 4.69) is 4.98 Å². The van der Waals surface area contributed by atoms with Gasteiger partial charge >= 0.3 is 0 Å². The summed E-state index contributed by atoms with van der Waals surface area (Å²) in [5.41, 5.74) is 2.05. The maximum Gasteiger partial charge on any atom is 0.265 e. The number of hydrogen-bond donors (Lipinski definition) is 0. The van der Waals surface area contributed by atoms with Crippen LogP contribution in [0, 0.1) is 12.7 Å². The minimum Gasteiger partial charge on any atom is -0.295 e. The van der Waals surface area contributed by atoms with Crippen LogP contribution in [0.2, 0.25) is 0 Å². The van der Waals surface area contributed by atoms with Gasteiger partial charge in [-0.05, 0) is 44.2 Å². The van der Waals surface area contributed by atoms with E-state index >= 15 is 0 Å². The van der Waals surface area contributed by atoms with Gasteiger partial charge in [-0.25, -0.2) is 9.37 Å². The molecule has 1 aromatic heterocycles. The van der Waals surface area contributed by atoms with Crippen molar-refractivity contribution in [1.29, 1.82) is 0 Å². The molecule has 0 radical (unpaired) electrons. The van der Waals surface area contributed by atoms with Crippen molar-refractivity contribution in [3.05, 3.63) is 75.6 Å². The highest BCUT2D eigenvalue weighted by atomic mass is 19.1. The Balaban J connectivity index is 2.30. The molecule has 0 saturated carbocycles. The Morgan fingerprint density at radius 3 is 2.54 bits per heavy atom. The molecule has 0 unspecified atom stereocenters. The number of nitrogens with zero attached hydrogens (tertiary/aromatic N) is 2. The Kier molecular flexibility index (Phi) is 4.80. The highest BCUT2D eigenvalue weighted by molar-refractivity contribution is 5.92. The Morgan fingerprint density at radius 2 is 1.92 bits per heavy atom. The van der Waals surface area contributed by atoms with Crippen LogP contribution >= 0.6 is 0 Å². The topological polar surface area (TPSA) is 52.0 Å². The van der Waals surface area contributed by atoms with Gasteiger partial charge in [0.15, 0.2) is 5.78 Å². The first kappa shape index (κ1) is 17.7. The molecule has 3 aromatic rings. The van der Waals surface area contributed by atoms with Crippen molar-refractivity contribution in [3.8, 4) is 5.69 Å². The van der Waals surface area contributed by atoms with E-state index in [9.17, 15) is 14.0 Å². The first-order chi connectivity index (χ1) is 12.4. The Morgan fingerprint density at radius 1 is 1.23 bits per heavy atom. The Labute approximate surface area is 150 Å². The zero-order valence-corrected chi connectivity index (χ0v) is 14.9. The van der Waals surface area contributed by atoms with Crippen molar-refractivity contribution in [1.82, 2.24) is 9.55 Å². The zero-order valence-electron chi connectivity index (χ0n) is 14.9. The second-order valence-electron chi connectivity index (χ2n) is 6.19. The fourth-order valence-corrected chi connectivity index (χ4v) is 2.80. The predicted molar refractivity (Wildman–Crippen MR) is 101 cm³/mol. The van der Waals surface area contributed by atoms with Crippen LogP contribution in [0.5, 0.6) is 0 Å². The van der Waals surface area contributed by atoms with Crippen molar-refractivity contribution < 1.29 is 9.18 Å². The van der Waals surface area contributed by atoms with Crippen LogP contribution in [-0.2, 0) is 11.2 Å². The largest absolute Gasteiger partial charge is 0.295 e. The third kappa shape index (κ3) is 3.33. The number of rotatable bonds is 4. The standard InChI is InChI=1S/C21H19FN2O2/c1-4-20-23-19-12-18(22)15(8-7-14(3)25)11-17(19)21(26)24(20)16-9-5-13(2)6-10-16/h5-12H,4H2,1-3H3/b8-7+. The van der Waals surface area contributed by atoms with Gasteiger partial charge in [0, 0.05) is 18.1 Å². The van der Waals surface area contributed by atoms with Crippen molar-refractivity contribution in [2.45, 2.75) is 27.2 Å². The fourth-order valence-electron chi connectivity index (χ4n) is 2.80. The smallest absolute Gasteiger partial charge is 0.265 e. The van der Waals surface area contributed by atoms with Crippen molar-refractivity contribution in [2.75, 3.05) is 0 Å². The molecule has 0 aliphatic carbocycles. The highest BCUT2D eigenvalue weighted by Crippen LogP contribution is 2.19. The molecular weight excluding hydrogens is 331 g/mol. The molecule has 3 rings (SSSR count). The monoisotopic (exact) mass is 350 g/mol. The fraction of sp³-hybridized carbons (Fsp3) is 0.190. The van der Waals surface area contributed by atoms with Crippen LogP contribution in [0.15, 0.2) is 47.3 Å². The molecule has 0 fully saturated rings. The van der Waals surface area contributed by atoms with E-state index < -0.39 is 5.82 Å². The van der Waals surface area contributed by atoms with Gasteiger partial charge in [-0.2, -0.15) is 0 Å². The number of carbonyl (C=O) groups is 1. The maximum absolute atomic E-state index is 14.3. The lowest BCUT2D eigenvalue weighted by atomic mass is 10.1. The number of fused-ring (bicyclic) bond motifs is 1. The lowest BCUT2D eigenvalue weighted by Gasteiger charge is -2.13. The molecule has 132 valence electrons. The number of ketones is 1. The average molecular weight is 350 g/mol. The summed E-state index contributed by atoms with van der Waals surface area (Å²) in [6, 6.07) is 10.3.